The van der Waals surface area contributed by atoms with Crippen LogP contribution in [0.5, 0.6) is 5.75 Å². The van der Waals surface area contributed by atoms with Gasteiger partial charge in [-0.25, -0.2) is 8.51 Å². The molecular formula is C37H48N4O3S. The van der Waals surface area contributed by atoms with Crippen LogP contribution in [0.1, 0.15) is 75.9 Å². The molecule has 1 amide bonds. The van der Waals surface area contributed by atoms with Crippen molar-refractivity contribution in [2.45, 2.75) is 95.9 Å². The number of carbonyl (C=O) groups excluding carboxylic acids is 1. The van der Waals surface area contributed by atoms with Crippen molar-refractivity contribution in [3.05, 3.63) is 95.3 Å². The molecule has 0 radical (unpaired) electrons. The molecule has 0 bridgehead atoms. The molecule has 1 aliphatic carbocycles. The second kappa shape index (κ2) is 14.3. The minimum absolute atomic E-state index is 0.00621. The second-order valence-corrected chi connectivity index (χ2v) is 14.3. The van der Waals surface area contributed by atoms with Crippen molar-refractivity contribution in [2.24, 2.45) is 0 Å². The number of fused-ring (bicyclic) bond motifs is 3. The average molecular weight is 629 g/mol. The first-order chi connectivity index (χ1) is 21.7. The van der Waals surface area contributed by atoms with Crippen LogP contribution in [-0.4, -0.2) is 44.2 Å². The highest BCUT2D eigenvalue weighted by Gasteiger charge is 2.34. The number of benzene rings is 3. The summed E-state index contributed by atoms with van der Waals surface area (Å²) in [6.07, 6.45) is 5.04. The maximum Gasteiger partial charge on any atom is 0.222 e. The summed E-state index contributed by atoms with van der Waals surface area (Å²) in [5.74, 6) is 0.801. The Labute approximate surface area is 270 Å². The van der Waals surface area contributed by atoms with Gasteiger partial charge in [-0.2, -0.15) is 0 Å². The predicted molar refractivity (Wildman–Crippen MR) is 184 cm³/mol. The molecule has 2 heterocycles. The summed E-state index contributed by atoms with van der Waals surface area (Å²) in [7, 11) is 0.242. The van der Waals surface area contributed by atoms with Crippen molar-refractivity contribution in [3.8, 4) is 5.75 Å². The minimum Gasteiger partial charge on any atom is -0.497 e. The third kappa shape index (κ3) is 7.86. The second-order valence-electron chi connectivity index (χ2n) is 12.8. The summed E-state index contributed by atoms with van der Waals surface area (Å²) in [5, 5.41) is 8.94. The number of amides is 1. The number of nitrogens with zero attached hydrogens (tertiary/aromatic N) is 2. The molecule has 1 aliphatic heterocycles. The molecule has 3 atom stereocenters. The maximum atomic E-state index is 14.0. The number of aryl methyl sites for hydroxylation is 1. The Bertz CT molecular complexity index is 1660. The fraction of sp³-hybridized carbons (Fsp3) is 0.432. The van der Waals surface area contributed by atoms with Crippen LogP contribution < -0.4 is 15.4 Å². The Morgan fingerprint density at radius 2 is 1.76 bits per heavy atom. The Hall–Kier alpha value is -3.46. The van der Waals surface area contributed by atoms with E-state index in [0.29, 0.717) is 6.54 Å². The number of ether oxygens (including phenoxy) is 1. The zero-order chi connectivity index (χ0) is 32.1. The lowest BCUT2D eigenvalue weighted by atomic mass is 9.87. The molecule has 8 heteroatoms. The first kappa shape index (κ1) is 32.9. The van der Waals surface area contributed by atoms with Crippen LogP contribution in [0, 0.1) is 0 Å². The highest BCUT2D eigenvalue weighted by Crippen LogP contribution is 2.34. The van der Waals surface area contributed by atoms with Gasteiger partial charge in [-0.15, -0.1) is 0 Å². The predicted octanol–water partition coefficient (Wildman–Crippen LogP) is 6.71. The third-order valence-electron chi connectivity index (χ3n) is 8.61. The number of methoxy groups -OCH3 is 1. The standard InChI is InChI=1S/C35H42N4O3S.C2H6/c1-35(2,3)36-23-24-7-8-26-19-29(12-9-25(26)18-24)37-34(40)22-33-32-6-5-15-38(32)16-17-39(33)43(41)31-14-11-27-20-30(42-4)13-10-28(27)21-31;1-2/h5-8,10-11,13-15,18,20-21,29,33,36H,9,12,16-17,19,22-23H2,1-4H3,(H,37,40);1-2H3. The summed E-state index contributed by atoms with van der Waals surface area (Å²) in [6, 6.07) is 22.4. The average Bonchev–Trinajstić information content (AvgIpc) is 3.53. The summed E-state index contributed by atoms with van der Waals surface area (Å²) < 4.78 is 23.5. The van der Waals surface area contributed by atoms with Gasteiger partial charge in [0.25, 0.3) is 0 Å². The van der Waals surface area contributed by atoms with Crippen molar-refractivity contribution < 1.29 is 13.7 Å². The van der Waals surface area contributed by atoms with Gasteiger partial charge in [0.05, 0.1) is 18.0 Å². The summed E-state index contributed by atoms with van der Waals surface area (Å²) in [5.41, 5.74) is 5.12. The molecule has 7 nitrogen and oxygen atoms in total. The minimum atomic E-state index is -1.41. The molecule has 2 aliphatic rings. The Morgan fingerprint density at radius 1 is 0.978 bits per heavy atom. The number of hydrogen-bond donors (Lipinski definition) is 2. The molecule has 6 rings (SSSR count). The molecule has 2 N–H and O–H groups in total. The Morgan fingerprint density at radius 3 is 2.53 bits per heavy atom. The smallest absolute Gasteiger partial charge is 0.222 e. The van der Waals surface area contributed by atoms with Gasteiger partial charge in [0.2, 0.25) is 5.91 Å². The lowest BCUT2D eigenvalue weighted by Crippen LogP contribution is -2.44. The molecule has 0 spiro atoms. The van der Waals surface area contributed by atoms with E-state index in [0.717, 1.165) is 59.5 Å². The first-order valence-electron chi connectivity index (χ1n) is 16.2. The summed E-state index contributed by atoms with van der Waals surface area (Å²) in [4.78, 5) is 14.3. The van der Waals surface area contributed by atoms with E-state index in [-0.39, 0.29) is 30.0 Å². The number of rotatable bonds is 8. The van der Waals surface area contributed by atoms with Crippen molar-refractivity contribution in [3.63, 3.8) is 0 Å². The van der Waals surface area contributed by atoms with E-state index in [1.165, 1.54) is 16.7 Å². The lowest BCUT2D eigenvalue weighted by Gasteiger charge is -2.36. The highest BCUT2D eigenvalue weighted by atomic mass is 32.2. The molecular weight excluding hydrogens is 580 g/mol. The summed E-state index contributed by atoms with van der Waals surface area (Å²) in [6.45, 7) is 12.7. The number of carbonyl (C=O) groups is 1. The molecule has 0 saturated heterocycles. The van der Waals surface area contributed by atoms with Crippen molar-refractivity contribution in [2.75, 3.05) is 13.7 Å². The number of aromatic nitrogens is 1. The van der Waals surface area contributed by atoms with Gasteiger partial charge < -0.3 is 19.9 Å². The van der Waals surface area contributed by atoms with E-state index < -0.39 is 11.0 Å². The molecule has 3 aromatic carbocycles. The van der Waals surface area contributed by atoms with Crippen molar-refractivity contribution >= 4 is 27.7 Å². The van der Waals surface area contributed by atoms with E-state index in [9.17, 15) is 9.00 Å². The number of nitrogens with one attached hydrogen (secondary N) is 2. The fourth-order valence-corrected chi connectivity index (χ4v) is 7.64. The Balaban J connectivity index is 0.00000196. The van der Waals surface area contributed by atoms with Crippen LogP contribution in [-0.2, 0) is 41.7 Å². The SMILES string of the molecule is CC.COc1ccc2cc(S(=O)N3CCn4cccc4C3CC(=O)NC3CCc4cc(CNC(C)(C)C)ccc4C3)ccc2c1. The van der Waals surface area contributed by atoms with E-state index >= 15 is 0 Å². The maximum absolute atomic E-state index is 14.0. The van der Waals surface area contributed by atoms with E-state index in [1.807, 2.05) is 66.8 Å². The molecule has 0 saturated carbocycles. The van der Waals surface area contributed by atoms with Gasteiger partial charge in [0.1, 0.15) is 16.7 Å². The van der Waals surface area contributed by atoms with Crippen LogP contribution >= 0.6 is 0 Å². The highest BCUT2D eigenvalue weighted by molar-refractivity contribution is 7.82. The van der Waals surface area contributed by atoms with Crippen LogP contribution in [0.3, 0.4) is 0 Å². The van der Waals surface area contributed by atoms with Crippen molar-refractivity contribution in [1.29, 1.82) is 0 Å². The topological polar surface area (TPSA) is 75.6 Å². The third-order valence-corrected chi connectivity index (χ3v) is 10.1. The van der Waals surface area contributed by atoms with E-state index in [4.69, 9.17) is 4.74 Å². The lowest BCUT2D eigenvalue weighted by molar-refractivity contribution is -0.122. The molecule has 3 unspecified atom stereocenters. The first-order valence-corrected chi connectivity index (χ1v) is 17.3. The van der Waals surface area contributed by atoms with Gasteiger partial charge in [0, 0.05) is 49.5 Å². The molecule has 45 heavy (non-hydrogen) atoms. The quantitative estimate of drug-likeness (QED) is 0.228. The van der Waals surface area contributed by atoms with Crippen LogP contribution in [0.4, 0.5) is 0 Å². The van der Waals surface area contributed by atoms with Crippen LogP contribution in [0.2, 0.25) is 0 Å². The molecule has 4 aromatic rings. The molecule has 1 aromatic heterocycles. The van der Waals surface area contributed by atoms with E-state index in [2.05, 4.69) is 60.2 Å². The summed E-state index contributed by atoms with van der Waals surface area (Å²) >= 11 is 0. The van der Waals surface area contributed by atoms with Crippen LogP contribution in [0.25, 0.3) is 10.8 Å². The normalized spacial score (nSPS) is 18.7. The van der Waals surface area contributed by atoms with Crippen molar-refractivity contribution in [1.82, 2.24) is 19.5 Å². The van der Waals surface area contributed by atoms with Gasteiger partial charge in [-0.3, -0.25) is 4.79 Å². The largest absolute Gasteiger partial charge is 0.497 e. The zero-order valence-corrected chi connectivity index (χ0v) is 28.4. The van der Waals surface area contributed by atoms with Gasteiger partial charge >= 0.3 is 0 Å². The number of hydrogen-bond acceptors (Lipinski definition) is 4. The monoisotopic (exact) mass is 628 g/mol. The fourth-order valence-electron chi connectivity index (χ4n) is 6.29. The van der Waals surface area contributed by atoms with Gasteiger partial charge in [0.15, 0.2) is 0 Å². The van der Waals surface area contributed by atoms with Gasteiger partial charge in [-0.1, -0.05) is 44.2 Å². The zero-order valence-electron chi connectivity index (χ0n) is 27.6. The molecule has 240 valence electrons. The Kier molecular flexibility index (Phi) is 10.5. The van der Waals surface area contributed by atoms with Gasteiger partial charge in [-0.05, 0) is 104 Å². The van der Waals surface area contributed by atoms with Crippen LogP contribution in [0.15, 0.2) is 77.8 Å². The van der Waals surface area contributed by atoms with E-state index in [1.54, 1.807) is 7.11 Å². The molecule has 0 fully saturated rings.